The molecule has 19 heteroatoms. The van der Waals surface area contributed by atoms with Crippen molar-refractivity contribution in [2.45, 2.75) is 369 Å². The van der Waals surface area contributed by atoms with Crippen LogP contribution in [-0.2, 0) is 33.2 Å². The van der Waals surface area contributed by atoms with Crippen molar-refractivity contribution in [2.24, 2.45) is 0 Å². The van der Waals surface area contributed by atoms with Crippen LogP contribution in [-0.4, -0.2) is 193 Å². The Morgan fingerprint density at radius 1 is 0.398 bits per heavy atom. The van der Waals surface area contributed by atoms with Crippen LogP contribution in [0, 0.1) is 0 Å². The van der Waals surface area contributed by atoms with Gasteiger partial charge in [-0.05, 0) is 38.5 Å². The molecular formula is C69H127NO18. The van der Waals surface area contributed by atoms with Gasteiger partial charge in [0.2, 0.25) is 5.91 Å². The summed E-state index contributed by atoms with van der Waals surface area (Å²) in [6, 6.07) is -0.993. The summed E-state index contributed by atoms with van der Waals surface area (Å²) in [5.41, 5.74) is 0. The third-order valence-corrected chi connectivity index (χ3v) is 17.7. The van der Waals surface area contributed by atoms with Gasteiger partial charge in [-0.2, -0.15) is 0 Å². The number of ether oxygens (including phenoxy) is 6. The molecule has 17 atom stereocenters. The van der Waals surface area contributed by atoms with Crippen LogP contribution in [0.1, 0.15) is 264 Å². The molecule has 0 bridgehead atoms. The normalized spacial score (nSPS) is 28.6. The molecule has 0 aromatic rings. The van der Waals surface area contributed by atoms with E-state index < -0.39 is 124 Å². The minimum absolute atomic E-state index is 0.236. The van der Waals surface area contributed by atoms with Crippen LogP contribution < -0.4 is 5.32 Å². The summed E-state index contributed by atoms with van der Waals surface area (Å²) in [5, 5.41) is 120. The molecule has 0 spiro atoms. The lowest BCUT2D eigenvalue weighted by Crippen LogP contribution is -2.66. The summed E-state index contributed by atoms with van der Waals surface area (Å²) in [6.07, 6.45) is 33.1. The number of carbonyl (C=O) groups is 1. The Morgan fingerprint density at radius 3 is 1.12 bits per heavy atom. The van der Waals surface area contributed by atoms with Gasteiger partial charge in [0.05, 0.1) is 38.6 Å². The predicted molar refractivity (Wildman–Crippen MR) is 342 cm³/mol. The molecule has 0 aromatic heterocycles. The zero-order valence-corrected chi connectivity index (χ0v) is 54.5. The summed E-state index contributed by atoms with van der Waals surface area (Å²) in [4.78, 5) is 13.4. The van der Waals surface area contributed by atoms with Gasteiger partial charge in [-0.25, -0.2) is 0 Å². The molecule has 0 aliphatic carbocycles. The van der Waals surface area contributed by atoms with Crippen molar-refractivity contribution in [1.29, 1.82) is 0 Å². The van der Waals surface area contributed by atoms with E-state index in [0.29, 0.717) is 12.8 Å². The zero-order chi connectivity index (χ0) is 64.0. The smallest absolute Gasteiger partial charge is 0.220 e. The average molecular weight is 1260 g/mol. The SMILES string of the molecule is CCCC/C=C/CC/C=C/CC/C=C/C(O)C(COC1OC(CO)C(OC2OC(CO)C(OC3OC(CO)C(O)C(O)C3O)C(O)C2O)C(O)C1O)NC(=O)CCCCCCCCCCCCCCCCCCCCCCCCCCCCCCCCC. The fraction of sp³-hybridized carbons (Fsp3) is 0.899. The van der Waals surface area contributed by atoms with E-state index in [0.717, 1.165) is 44.9 Å². The quantitative estimate of drug-likeness (QED) is 0.0199. The van der Waals surface area contributed by atoms with Crippen molar-refractivity contribution in [3.05, 3.63) is 36.5 Å². The number of unbranched alkanes of at least 4 members (excludes halogenated alkanes) is 34. The Bertz CT molecular complexity index is 1740. The second-order valence-corrected chi connectivity index (χ2v) is 25.3. The number of allylic oxidation sites excluding steroid dienone is 5. The molecule has 3 fully saturated rings. The standard InChI is InChI=1S/C69H127NO18/c1-3-5-7-9-11-13-15-17-18-19-20-21-22-23-24-25-26-27-28-29-30-31-32-33-34-35-37-39-41-43-45-47-57(75)70-52(53(74)46-44-42-40-38-36-16-14-12-10-8-6-4-2)51-83-67-63(81)60(78)65(55(49-72)85-67)88-69-64(82)61(79)66(56(50-73)86-69)87-68-62(80)59(77)58(76)54(48-71)84-68/h10,12,36,38,44,46,52-56,58-69,71-74,76-82H,3-9,11,13-35,37,39-43,45,47-51H2,1-2H3,(H,70,75)/b12-10+,38-36+,46-44+. The lowest BCUT2D eigenvalue weighted by atomic mass is 9.96. The van der Waals surface area contributed by atoms with Crippen molar-refractivity contribution in [1.82, 2.24) is 5.32 Å². The van der Waals surface area contributed by atoms with Crippen LogP contribution in [0.15, 0.2) is 36.5 Å². The van der Waals surface area contributed by atoms with Gasteiger partial charge in [-0.1, -0.05) is 256 Å². The summed E-state index contributed by atoms with van der Waals surface area (Å²) < 4.78 is 34.3. The number of amides is 1. The molecule has 3 rings (SSSR count). The molecule has 3 saturated heterocycles. The van der Waals surface area contributed by atoms with E-state index in [9.17, 15) is 61.0 Å². The topological polar surface area (TPSA) is 307 Å². The van der Waals surface area contributed by atoms with Crippen molar-refractivity contribution >= 4 is 5.91 Å². The molecule has 12 N–H and O–H groups in total. The number of aliphatic hydroxyl groups excluding tert-OH is 11. The number of hydrogen-bond donors (Lipinski definition) is 12. The molecule has 17 unspecified atom stereocenters. The fourth-order valence-electron chi connectivity index (χ4n) is 11.9. The second-order valence-electron chi connectivity index (χ2n) is 25.3. The predicted octanol–water partition coefficient (Wildman–Crippen LogP) is 9.22. The summed E-state index contributed by atoms with van der Waals surface area (Å²) in [7, 11) is 0. The van der Waals surface area contributed by atoms with Crippen LogP contribution in [0.25, 0.3) is 0 Å². The third kappa shape index (κ3) is 33.2. The number of rotatable bonds is 54. The minimum Gasteiger partial charge on any atom is -0.394 e. The van der Waals surface area contributed by atoms with E-state index in [2.05, 4.69) is 43.5 Å². The van der Waals surface area contributed by atoms with E-state index in [1.807, 2.05) is 6.08 Å². The Morgan fingerprint density at radius 2 is 0.727 bits per heavy atom. The maximum Gasteiger partial charge on any atom is 0.220 e. The highest BCUT2D eigenvalue weighted by molar-refractivity contribution is 5.76. The first-order valence-corrected chi connectivity index (χ1v) is 35.2. The maximum absolute atomic E-state index is 13.4. The first kappa shape index (κ1) is 80.2. The van der Waals surface area contributed by atoms with E-state index in [-0.39, 0.29) is 18.9 Å². The minimum atomic E-state index is -1.98. The Kier molecular flexibility index (Phi) is 46.9. The summed E-state index contributed by atoms with van der Waals surface area (Å²) in [5.74, 6) is -0.287. The van der Waals surface area contributed by atoms with Crippen LogP contribution in [0.3, 0.4) is 0 Å². The second kappa shape index (κ2) is 51.4. The molecule has 3 aliphatic rings. The number of nitrogens with one attached hydrogen (secondary N) is 1. The molecule has 88 heavy (non-hydrogen) atoms. The maximum atomic E-state index is 13.4. The van der Waals surface area contributed by atoms with Gasteiger partial charge in [-0.3, -0.25) is 4.79 Å². The Balaban J connectivity index is 1.36. The largest absolute Gasteiger partial charge is 0.394 e. The summed E-state index contributed by atoms with van der Waals surface area (Å²) in [6.45, 7) is 1.67. The lowest BCUT2D eigenvalue weighted by Gasteiger charge is -2.48. The van der Waals surface area contributed by atoms with Gasteiger partial charge in [-0.15, -0.1) is 0 Å². The molecule has 516 valence electrons. The van der Waals surface area contributed by atoms with Gasteiger partial charge < -0.3 is 89.9 Å². The van der Waals surface area contributed by atoms with Gasteiger partial charge in [0, 0.05) is 6.42 Å². The van der Waals surface area contributed by atoms with Crippen molar-refractivity contribution in [3.8, 4) is 0 Å². The van der Waals surface area contributed by atoms with Crippen molar-refractivity contribution in [3.63, 3.8) is 0 Å². The van der Waals surface area contributed by atoms with Gasteiger partial charge in [0.1, 0.15) is 73.2 Å². The van der Waals surface area contributed by atoms with Crippen LogP contribution in [0.2, 0.25) is 0 Å². The molecule has 0 aromatic carbocycles. The van der Waals surface area contributed by atoms with Crippen LogP contribution in [0.4, 0.5) is 0 Å². The molecule has 0 radical (unpaired) electrons. The van der Waals surface area contributed by atoms with Gasteiger partial charge in [0.15, 0.2) is 18.9 Å². The van der Waals surface area contributed by atoms with Gasteiger partial charge >= 0.3 is 0 Å². The van der Waals surface area contributed by atoms with Crippen molar-refractivity contribution < 1.29 is 89.4 Å². The fourth-order valence-corrected chi connectivity index (χ4v) is 11.9. The molecule has 19 nitrogen and oxygen atoms in total. The Labute approximate surface area is 530 Å². The highest BCUT2D eigenvalue weighted by atomic mass is 16.8. The van der Waals surface area contributed by atoms with E-state index in [1.165, 1.54) is 186 Å². The first-order chi connectivity index (χ1) is 42.8. The number of carbonyl (C=O) groups excluding carboxylic acids is 1. The van der Waals surface area contributed by atoms with E-state index in [4.69, 9.17) is 28.4 Å². The Hall–Kier alpha value is -1.99. The summed E-state index contributed by atoms with van der Waals surface area (Å²) >= 11 is 0. The third-order valence-electron chi connectivity index (χ3n) is 17.7. The molecule has 3 heterocycles. The number of aliphatic hydroxyl groups is 11. The number of hydrogen-bond acceptors (Lipinski definition) is 18. The van der Waals surface area contributed by atoms with Gasteiger partial charge in [0.25, 0.3) is 0 Å². The van der Waals surface area contributed by atoms with E-state index in [1.54, 1.807) is 6.08 Å². The van der Waals surface area contributed by atoms with Crippen molar-refractivity contribution in [2.75, 3.05) is 26.4 Å². The molecule has 0 saturated carbocycles. The van der Waals surface area contributed by atoms with Crippen LogP contribution in [0.5, 0.6) is 0 Å². The molecular weight excluding hydrogens is 1130 g/mol. The highest BCUT2D eigenvalue weighted by Crippen LogP contribution is 2.33. The zero-order valence-electron chi connectivity index (χ0n) is 54.5. The first-order valence-electron chi connectivity index (χ1n) is 35.2. The average Bonchev–Trinajstić information content (AvgIpc) is 1.20. The highest BCUT2D eigenvalue weighted by Gasteiger charge is 2.53. The monoisotopic (exact) mass is 1260 g/mol. The molecule has 3 aliphatic heterocycles. The lowest BCUT2D eigenvalue weighted by molar-refractivity contribution is -0.379. The van der Waals surface area contributed by atoms with Crippen LogP contribution >= 0.6 is 0 Å². The molecule has 1 amide bonds. The van der Waals surface area contributed by atoms with E-state index >= 15 is 0 Å².